The van der Waals surface area contributed by atoms with E-state index in [1.807, 2.05) is 19.3 Å². The summed E-state index contributed by atoms with van der Waals surface area (Å²) in [4.78, 5) is 4.35. The second-order valence-electron chi connectivity index (χ2n) is 5.16. The van der Waals surface area contributed by atoms with Crippen LogP contribution in [-0.4, -0.2) is 18.1 Å². The Kier molecular flexibility index (Phi) is 5.00. The van der Waals surface area contributed by atoms with Crippen molar-refractivity contribution in [3.63, 3.8) is 0 Å². The van der Waals surface area contributed by atoms with Gasteiger partial charge in [0.05, 0.1) is 18.4 Å². The van der Waals surface area contributed by atoms with Crippen LogP contribution in [0.5, 0.6) is 0 Å². The summed E-state index contributed by atoms with van der Waals surface area (Å²) in [5, 5.41) is 3.13. The van der Waals surface area contributed by atoms with Crippen LogP contribution < -0.4 is 5.32 Å². The van der Waals surface area contributed by atoms with Gasteiger partial charge in [-0.1, -0.05) is 26.2 Å². The zero-order chi connectivity index (χ0) is 12.8. The van der Waals surface area contributed by atoms with Gasteiger partial charge in [0.25, 0.3) is 0 Å². The standard InChI is InChI=1S/C15H24N2O/c1-3-12-5-4-6-15(9-12)18-11-14-10-13(16-2)7-8-17-14/h7-8,10,12,15H,3-6,9,11H2,1-2H3,(H,16,17). The highest BCUT2D eigenvalue weighted by Crippen LogP contribution is 2.28. The van der Waals surface area contributed by atoms with E-state index < -0.39 is 0 Å². The Labute approximate surface area is 110 Å². The first-order chi connectivity index (χ1) is 8.81. The summed E-state index contributed by atoms with van der Waals surface area (Å²) in [6.07, 6.45) is 8.68. The molecule has 1 heterocycles. The van der Waals surface area contributed by atoms with E-state index in [2.05, 4.69) is 23.3 Å². The van der Waals surface area contributed by atoms with Gasteiger partial charge in [0.1, 0.15) is 0 Å². The van der Waals surface area contributed by atoms with Gasteiger partial charge >= 0.3 is 0 Å². The molecule has 0 bridgehead atoms. The predicted molar refractivity (Wildman–Crippen MR) is 74.6 cm³/mol. The number of rotatable bonds is 5. The summed E-state index contributed by atoms with van der Waals surface area (Å²) in [5.74, 6) is 0.861. The van der Waals surface area contributed by atoms with E-state index in [1.54, 1.807) is 0 Å². The van der Waals surface area contributed by atoms with Gasteiger partial charge in [0.2, 0.25) is 0 Å². The maximum atomic E-state index is 6.01. The minimum atomic E-state index is 0.434. The highest BCUT2D eigenvalue weighted by molar-refractivity contribution is 5.42. The molecule has 0 saturated heterocycles. The Morgan fingerprint density at radius 2 is 2.33 bits per heavy atom. The van der Waals surface area contributed by atoms with E-state index in [4.69, 9.17) is 4.74 Å². The number of anilines is 1. The first-order valence-corrected chi connectivity index (χ1v) is 7.06. The SMILES string of the molecule is CCC1CCCC(OCc2cc(NC)ccn2)C1. The molecule has 1 saturated carbocycles. The van der Waals surface area contributed by atoms with Crippen LogP contribution in [0.25, 0.3) is 0 Å². The van der Waals surface area contributed by atoms with Crippen LogP contribution in [0.1, 0.15) is 44.7 Å². The highest BCUT2D eigenvalue weighted by atomic mass is 16.5. The van der Waals surface area contributed by atoms with Crippen LogP contribution >= 0.6 is 0 Å². The Morgan fingerprint density at radius 3 is 3.11 bits per heavy atom. The van der Waals surface area contributed by atoms with Crippen molar-refractivity contribution in [3.8, 4) is 0 Å². The van der Waals surface area contributed by atoms with Crippen LogP contribution in [0.3, 0.4) is 0 Å². The van der Waals surface area contributed by atoms with Gasteiger partial charge in [-0.3, -0.25) is 4.98 Å². The smallest absolute Gasteiger partial charge is 0.0892 e. The molecule has 1 aliphatic rings. The van der Waals surface area contributed by atoms with Crippen LogP contribution in [0.2, 0.25) is 0 Å². The zero-order valence-corrected chi connectivity index (χ0v) is 11.5. The van der Waals surface area contributed by atoms with Gasteiger partial charge in [-0.25, -0.2) is 0 Å². The van der Waals surface area contributed by atoms with E-state index >= 15 is 0 Å². The molecule has 2 rings (SSSR count). The van der Waals surface area contributed by atoms with Crippen molar-refractivity contribution < 1.29 is 4.74 Å². The average molecular weight is 248 g/mol. The summed E-state index contributed by atoms with van der Waals surface area (Å²) in [5.41, 5.74) is 2.11. The molecule has 1 fully saturated rings. The van der Waals surface area contributed by atoms with Crippen LogP contribution in [0.15, 0.2) is 18.3 Å². The third-order valence-corrected chi connectivity index (χ3v) is 3.88. The van der Waals surface area contributed by atoms with E-state index in [-0.39, 0.29) is 0 Å². The Balaban J connectivity index is 1.83. The highest BCUT2D eigenvalue weighted by Gasteiger charge is 2.21. The first kappa shape index (κ1) is 13.3. The molecule has 100 valence electrons. The van der Waals surface area contributed by atoms with Crippen molar-refractivity contribution in [2.24, 2.45) is 5.92 Å². The molecule has 2 atom stereocenters. The fraction of sp³-hybridized carbons (Fsp3) is 0.667. The van der Waals surface area contributed by atoms with Crippen molar-refractivity contribution in [1.29, 1.82) is 0 Å². The maximum Gasteiger partial charge on any atom is 0.0892 e. The number of nitrogens with zero attached hydrogens (tertiary/aromatic N) is 1. The molecule has 0 spiro atoms. The summed E-state index contributed by atoms with van der Waals surface area (Å²) >= 11 is 0. The molecule has 3 heteroatoms. The molecule has 1 aromatic heterocycles. The Hall–Kier alpha value is -1.09. The molecule has 1 N–H and O–H groups in total. The van der Waals surface area contributed by atoms with E-state index in [1.165, 1.54) is 32.1 Å². The normalized spacial score (nSPS) is 23.9. The quantitative estimate of drug-likeness (QED) is 0.864. The lowest BCUT2D eigenvalue weighted by molar-refractivity contribution is 0.000370. The Bertz CT molecular complexity index is 367. The number of pyridine rings is 1. The second-order valence-corrected chi connectivity index (χ2v) is 5.16. The molecule has 1 aromatic rings. The van der Waals surface area contributed by atoms with Crippen LogP contribution in [-0.2, 0) is 11.3 Å². The summed E-state index contributed by atoms with van der Waals surface area (Å²) in [6, 6.07) is 4.03. The van der Waals surface area contributed by atoms with Crippen molar-refractivity contribution in [2.75, 3.05) is 12.4 Å². The van der Waals surface area contributed by atoms with Gasteiger partial charge in [-0.15, -0.1) is 0 Å². The van der Waals surface area contributed by atoms with E-state index in [0.717, 1.165) is 17.3 Å². The lowest BCUT2D eigenvalue weighted by Gasteiger charge is -2.28. The van der Waals surface area contributed by atoms with Gasteiger partial charge in [-0.2, -0.15) is 0 Å². The molecule has 0 amide bonds. The minimum Gasteiger partial charge on any atom is -0.388 e. The molecular formula is C15H24N2O. The van der Waals surface area contributed by atoms with Crippen molar-refractivity contribution in [2.45, 2.75) is 51.7 Å². The first-order valence-electron chi connectivity index (χ1n) is 7.06. The number of aromatic nitrogens is 1. The molecule has 0 radical (unpaired) electrons. The molecule has 18 heavy (non-hydrogen) atoms. The topological polar surface area (TPSA) is 34.1 Å². The van der Waals surface area contributed by atoms with Gasteiger partial charge in [0, 0.05) is 18.9 Å². The summed E-state index contributed by atoms with van der Waals surface area (Å²) in [7, 11) is 1.92. The molecule has 0 aromatic carbocycles. The monoisotopic (exact) mass is 248 g/mol. The largest absolute Gasteiger partial charge is 0.388 e. The van der Waals surface area contributed by atoms with Crippen LogP contribution in [0, 0.1) is 5.92 Å². The lowest BCUT2D eigenvalue weighted by atomic mass is 9.85. The molecule has 0 aliphatic heterocycles. The zero-order valence-electron chi connectivity index (χ0n) is 11.5. The van der Waals surface area contributed by atoms with Crippen molar-refractivity contribution in [1.82, 2.24) is 4.98 Å². The molecule has 3 nitrogen and oxygen atoms in total. The summed E-state index contributed by atoms with van der Waals surface area (Å²) < 4.78 is 6.01. The predicted octanol–water partition coefficient (Wildman–Crippen LogP) is 3.61. The fourth-order valence-corrected chi connectivity index (χ4v) is 2.68. The van der Waals surface area contributed by atoms with Crippen LogP contribution in [0.4, 0.5) is 5.69 Å². The Morgan fingerprint density at radius 1 is 1.44 bits per heavy atom. The second kappa shape index (κ2) is 6.74. The number of hydrogen-bond acceptors (Lipinski definition) is 3. The van der Waals surface area contributed by atoms with E-state index in [0.29, 0.717) is 12.7 Å². The number of ether oxygens (including phenoxy) is 1. The maximum absolute atomic E-state index is 6.01. The van der Waals surface area contributed by atoms with Gasteiger partial charge in [-0.05, 0) is 30.9 Å². The molecular weight excluding hydrogens is 224 g/mol. The fourth-order valence-electron chi connectivity index (χ4n) is 2.68. The third-order valence-electron chi connectivity index (χ3n) is 3.88. The molecule has 2 unspecified atom stereocenters. The minimum absolute atomic E-state index is 0.434. The van der Waals surface area contributed by atoms with Gasteiger partial charge in [0.15, 0.2) is 0 Å². The molecule has 1 aliphatic carbocycles. The lowest BCUT2D eigenvalue weighted by Crippen LogP contribution is -2.22. The third kappa shape index (κ3) is 3.70. The van der Waals surface area contributed by atoms with E-state index in [9.17, 15) is 0 Å². The van der Waals surface area contributed by atoms with Gasteiger partial charge < -0.3 is 10.1 Å². The number of hydrogen-bond donors (Lipinski definition) is 1. The average Bonchev–Trinajstić information content (AvgIpc) is 2.45. The van der Waals surface area contributed by atoms with Crippen molar-refractivity contribution >= 4 is 5.69 Å². The summed E-state index contributed by atoms with van der Waals surface area (Å²) in [6.45, 7) is 2.92. The number of nitrogens with one attached hydrogen (secondary N) is 1. The van der Waals surface area contributed by atoms with Crippen molar-refractivity contribution in [3.05, 3.63) is 24.0 Å².